The molecule has 0 aromatic rings. The highest BCUT2D eigenvalue weighted by atomic mass is 32.2. The fourth-order valence-electron chi connectivity index (χ4n) is 0.920. The third-order valence-electron chi connectivity index (χ3n) is 1.64. The quantitative estimate of drug-likeness (QED) is 0.624. The van der Waals surface area contributed by atoms with Crippen molar-refractivity contribution in [1.29, 1.82) is 0 Å². The van der Waals surface area contributed by atoms with Crippen LogP contribution in [0.3, 0.4) is 0 Å². The van der Waals surface area contributed by atoms with Gasteiger partial charge in [0.25, 0.3) is 5.91 Å². The Labute approximate surface area is 79.7 Å². The van der Waals surface area contributed by atoms with Crippen LogP contribution in [0.15, 0.2) is 4.99 Å². The van der Waals surface area contributed by atoms with Gasteiger partial charge in [0.15, 0.2) is 5.17 Å². The highest BCUT2D eigenvalue weighted by molar-refractivity contribution is 8.13. The van der Waals surface area contributed by atoms with Crippen molar-refractivity contribution in [2.24, 2.45) is 16.6 Å². The Morgan fingerprint density at radius 3 is 3.08 bits per heavy atom. The summed E-state index contributed by atoms with van der Waals surface area (Å²) in [5.74, 6) is -0.607. The van der Waals surface area contributed by atoms with Gasteiger partial charge < -0.3 is 10.5 Å². The molecule has 1 heterocycles. The van der Waals surface area contributed by atoms with Crippen molar-refractivity contribution in [2.75, 3.05) is 12.9 Å². The second-order valence-corrected chi connectivity index (χ2v) is 3.62. The first kappa shape index (κ1) is 10.0. The fourth-order valence-corrected chi connectivity index (χ4v) is 1.71. The lowest BCUT2D eigenvalue weighted by Crippen LogP contribution is -2.27. The fraction of sp³-hybridized carbons (Fsp3) is 0.571. The summed E-state index contributed by atoms with van der Waals surface area (Å²) < 4.78 is 4.45. The van der Waals surface area contributed by atoms with Crippen LogP contribution in [0, 0.1) is 5.92 Å². The summed E-state index contributed by atoms with van der Waals surface area (Å²) in [6.07, 6.45) is 0.0825. The third kappa shape index (κ3) is 2.73. The molecule has 5 nitrogen and oxygen atoms in total. The number of nitrogens with two attached hydrogens (primary N) is 1. The molecular weight excluding hydrogens is 192 g/mol. The van der Waals surface area contributed by atoms with E-state index >= 15 is 0 Å². The zero-order chi connectivity index (χ0) is 9.84. The van der Waals surface area contributed by atoms with Crippen LogP contribution in [-0.2, 0) is 14.3 Å². The van der Waals surface area contributed by atoms with Crippen LogP contribution in [0.2, 0.25) is 0 Å². The van der Waals surface area contributed by atoms with Crippen LogP contribution in [-0.4, -0.2) is 29.9 Å². The van der Waals surface area contributed by atoms with Crippen LogP contribution in [0.4, 0.5) is 0 Å². The molecule has 1 aliphatic rings. The molecule has 0 aromatic heterocycles. The Bertz CT molecular complexity index is 264. The molecule has 0 unspecified atom stereocenters. The zero-order valence-electron chi connectivity index (χ0n) is 7.15. The normalized spacial score (nSPS) is 22.4. The van der Waals surface area contributed by atoms with E-state index in [1.165, 1.54) is 18.9 Å². The van der Waals surface area contributed by atoms with E-state index in [1.807, 2.05) is 0 Å². The summed E-state index contributed by atoms with van der Waals surface area (Å²) in [7, 11) is 1.29. The van der Waals surface area contributed by atoms with Gasteiger partial charge in [-0.2, -0.15) is 4.99 Å². The maximum Gasteiger partial charge on any atom is 0.306 e. The topological polar surface area (TPSA) is 81.8 Å². The minimum atomic E-state index is -0.394. The lowest BCUT2D eigenvalue weighted by atomic mass is 10.1. The molecule has 0 saturated carbocycles. The van der Waals surface area contributed by atoms with E-state index in [0.29, 0.717) is 5.75 Å². The number of rotatable bonds is 2. The van der Waals surface area contributed by atoms with Gasteiger partial charge in [-0.1, -0.05) is 11.8 Å². The first-order valence-corrected chi connectivity index (χ1v) is 4.69. The highest BCUT2D eigenvalue weighted by Crippen LogP contribution is 2.19. The van der Waals surface area contributed by atoms with E-state index in [1.54, 1.807) is 0 Å². The zero-order valence-corrected chi connectivity index (χ0v) is 7.97. The number of ether oxygens (including phenoxy) is 1. The summed E-state index contributed by atoms with van der Waals surface area (Å²) >= 11 is 1.28. The van der Waals surface area contributed by atoms with E-state index in [2.05, 4.69) is 9.73 Å². The van der Waals surface area contributed by atoms with Crippen molar-refractivity contribution >= 4 is 28.8 Å². The molecule has 0 spiro atoms. The second kappa shape index (κ2) is 4.27. The summed E-state index contributed by atoms with van der Waals surface area (Å²) in [5, 5.41) is 0.270. The van der Waals surface area contributed by atoms with Gasteiger partial charge in [0.1, 0.15) is 0 Å². The molecule has 0 bridgehead atoms. The van der Waals surface area contributed by atoms with E-state index in [9.17, 15) is 9.59 Å². The van der Waals surface area contributed by atoms with Crippen molar-refractivity contribution in [3.8, 4) is 0 Å². The van der Waals surface area contributed by atoms with Gasteiger partial charge in [-0.15, -0.1) is 0 Å². The number of amidine groups is 1. The van der Waals surface area contributed by atoms with Crippen LogP contribution >= 0.6 is 11.8 Å². The lowest BCUT2D eigenvalue weighted by Gasteiger charge is -2.15. The Balaban J connectivity index is 2.54. The van der Waals surface area contributed by atoms with E-state index in [0.717, 1.165) is 0 Å². The summed E-state index contributed by atoms with van der Waals surface area (Å²) in [6.45, 7) is 0. The van der Waals surface area contributed by atoms with Crippen LogP contribution in [0.5, 0.6) is 0 Å². The van der Waals surface area contributed by atoms with Gasteiger partial charge in [-0.3, -0.25) is 9.59 Å². The van der Waals surface area contributed by atoms with Crippen molar-refractivity contribution in [3.05, 3.63) is 0 Å². The van der Waals surface area contributed by atoms with Crippen molar-refractivity contribution < 1.29 is 14.3 Å². The smallest absolute Gasteiger partial charge is 0.306 e. The van der Waals surface area contributed by atoms with Crippen LogP contribution in [0.1, 0.15) is 6.42 Å². The minimum Gasteiger partial charge on any atom is -0.469 e. The third-order valence-corrected chi connectivity index (χ3v) is 2.60. The molecule has 0 aromatic carbocycles. The van der Waals surface area contributed by atoms with Gasteiger partial charge in [0, 0.05) is 5.75 Å². The SMILES string of the molecule is COC(=O)C[C@@H]1CSC(N)=NC1=O. The molecule has 1 rings (SSSR count). The average molecular weight is 202 g/mol. The number of methoxy groups -OCH3 is 1. The maximum absolute atomic E-state index is 11.2. The lowest BCUT2D eigenvalue weighted by molar-refractivity contribution is -0.143. The van der Waals surface area contributed by atoms with Crippen LogP contribution < -0.4 is 5.73 Å². The molecule has 72 valence electrons. The second-order valence-electron chi connectivity index (χ2n) is 2.58. The van der Waals surface area contributed by atoms with E-state index in [4.69, 9.17) is 5.73 Å². The summed E-state index contributed by atoms with van der Waals surface area (Å²) in [5.41, 5.74) is 5.33. The minimum absolute atomic E-state index is 0.0825. The molecule has 1 aliphatic heterocycles. The Hall–Kier alpha value is -1.04. The Morgan fingerprint density at radius 2 is 2.54 bits per heavy atom. The van der Waals surface area contributed by atoms with Crippen molar-refractivity contribution in [3.63, 3.8) is 0 Å². The molecule has 2 N–H and O–H groups in total. The standard InChI is InChI=1S/C7H10N2O3S/c1-12-5(10)2-4-3-13-7(8)9-6(4)11/h4H,2-3H2,1H3,(H2,8,9,11)/t4-/m1/s1. The highest BCUT2D eigenvalue weighted by Gasteiger charge is 2.26. The largest absolute Gasteiger partial charge is 0.469 e. The molecule has 6 heteroatoms. The van der Waals surface area contributed by atoms with Crippen molar-refractivity contribution in [2.45, 2.75) is 6.42 Å². The number of hydrogen-bond donors (Lipinski definition) is 1. The van der Waals surface area contributed by atoms with Gasteiger partial charge >= 0.3 is 5.97 Å². The van der Waals surface area contributed by atoms with E-state index < -0.39 is 5.97 Å². The number of nitrogens with zero attached hydrogens (tertiary/aromatic N) is 1. The number of aliphatic imine (C=N–C) groups is 1. The number of amides is 1. The molecule has 1 atom stereocenters. The van der Waals surface area contributed by atoms with E-state index in [-0.39, 0.29) is 23.4 Å². The first-order valence-electron chi connectivity index (χ1n) is 3.71. The summed E-state index contributed by atoms with van der Waals surface area (Å²) in [6, 6.07) is 0. The van der Waals surface area contributed by atoms with Gasteiger partial charge in [-0.25, -0.2) is 0 Å². The molecule has 13 heavy (non-hydrogen) atoms. The number of esters is 1. The molecule has 0 fully saturated rings. The number of hydrogen-bond acceptors (Lipinski definition) is 5. The van der Waals surface area contributed by atoms with Gasteiger partial charge in [0.05, 0.1) is 19.4 Å². The number of carbonyl (C=O) groups is 2. The van der Waals surface area contributed by atoms with Gasteiger partial charge in [-0.05, 0) is 0 Å². The predicted molar refractivity (Wildman–Crippen MR) is 49.2 cm³/mol. The molecule has 0 aliphatic carbocycles. The van der Waals surface area contributed by atoms with Crippen LogP contribution in [0.25, 0.3) is 0 Å². The average Bonchev–Trinajstić information content (AvgIpc) is 2.09. The van der Waals surface area contributed by atoms with Crippen molar-refractivity contribution in [1.82, 2.24) is 0 Å². The maximum atomic E-state index is 11.2. The molecule has 0 radical (unpaired) electrons. The number of carbonyl (C=O) groups excluding carboxylic acids is 2. The number of thioether (sulfide) groups is 1. The molecule has 1 amide bonds. The monoisotopic (exact) mass is 202 g/mol. The molecular formula is C7H10N2O3S. The summed E-state index contributed by atoms with van der Waals surface area (Å²) in [4.78, 5) is 25.6. The predicted octanol–water partition coefficient (Wildman–Crippen LogP) is -0.246. The Morgan fingerprint density at radius 1 is 1.85 bits per heavy atom. The Kier molecular flexibility index (Phi) is 3.30. The first-order chi connectivity index (χ1) is 6.13. The molecule has 0 saturated heterocycles. The van der Waals surface area contributed by atoms with Gasteiger partial charge in [0.2, 0.25) is 0 Å².